The number of fused-ring (bicyclic) bond motifs is 1. The summed E-state index contributed by atoms with van der Waals surface area (Å²) in [7, 11) is 0. The van der Waals surface area contributed by atoms with Crippen molar-refractivity contribution in [3.8, 4) is 0 Å². The molecule has 9 nitrogen and oxygen atoms in total. The van der Waals surface area contributed by atoms with E-state index in [1.165, 1.54) is 24.3 Å². The molecule has 0 fully saturated rings. The van der Waals surface area contributed by atoms with Crippen LogP contribution in [-0.2, 0) is 9.53 Å². The van der Waals surface area contributed by atoms with Crippen molar-refractivity contribution in [1.82, 2.24) is 0 Å². The number of amides is 4. The van der Waals surface area contributed by atoms with Crippen LogP contribution in [0.3, 0.4) is 0 Å². The van der Waals surface area contributed by atoms with Gasteiger partial charge in [-0.3, -0.25) is 19.2 Å². The van der Waals surface area contributed by atoms with E-state index in [0.717, 1.165) is 27.4 Å². The third kappa shape index (κ3) is 4.18. The third-order valence-electron chi connectivity index (χ3n) is 5.25. The molecule has 0 radical (unpaired) electrons. The molecular formula is C24H19N3O6S. The number of carbonyl (C=O) groups is 5. The molecule has 4 amide bonds. The van der Waals surface area contributed by atoms with Gasteiger partial charge < -0.3 is 15.8 Å². The topological polar surface area (TPSA) is 136 Å². The van der Waals surface area contributed by atoms with Crippen molar-refractivity contribution in [3.63, 3.8) is 0 Å². The Morgan fingerprint density at radius 3 is 2.47 bits per heavy atom. The fraction of sp³-hybridized carbons (Fsp3) is 0.125. The molecular weight excluding hydrogens is 458 g/mol. The SMILES string of the molecule is Cc1ccc(C)c(N2C(=O)c3ccc(C(=O)OCC(=O)Nc4sccc4C(N)=O)cc3C2=O)c1. The van der Waals surface area contributed by atoms with Gasteiger partial charge in [-0.05, 0) is 60.7 Å². The lowest BCUT2D eigenvalue weighted by Crippen LogP contribution is -2.30. The fourth-order valence-corrected chi connectivity index (χ4v) is 4.33. The highest BCUT2D eigenvalue weighted by Crippen LogP contribution is 2.32. The maximum absolute atomic E-state index is 13.0. The number of rotatable bonds is 6. The second-order valence-corrected chi connectivity index (χ2v) is 8.56. The largest absolute Gasteiger partial charge is 0.452 e. The Hall–Kier alpha value is -4.31. The first-order valence-electron chi connectivity index (χ1n) is 10.1. The van der Waals surface area contributed by atoms with Crippen LogP contribution in [0.5, 0.6) is 0 Å². The van der Waals surface area contributed by atoms with Gasteiger partial charge in [0.25, 0.3) is 23.6 Å². The van der Waals surface area contributed by atoms with Gasteiger partial charge in [0.2, 0.25) is 0 Å². The predicted octanol–water partition coefficient (Wildman–Crippen LogP) is 3.06. The lowest BCUT2D eigenvalue weighted by molar-refractivity contribution is -0.119. The maximum Gasteiger partial charge on any atom is 0.338 e. The van der Waals surface area contributed by atoms with Crippen LogP contribution in [0.4, 0.5) is 10.7 Å². The molecule has 1 aromatic heterocycles. The summed E-state index contributed by atoms with van der Waals surface area (Å²) in [5, 5.41) is 4.30. The highest BCUT2D eigenvalue weighted by molar-refractivity contribution is 7.14. The summed E-state index contributed by atoms with van der Waals surface area (Å²) in [4.78, 5) is 63.0. The Bertz CT molecular complexity index is 1380. The van der Waals surface area contributed by atoms with E-state index in [4.69, 9.17) is 10.5 Å². The third-order valence-corrected chi connectivity index (χ3v) is 6.08. The van der Waals surface area contributed by atoms with E-state index in [1.54, 1.807) is 18.4 Å². The molecule has 0 aliphatic carbocycles. The van der Waals surface area contributed by atoms with E-state index in [2.05, 4.69) is 5.32 Å². The van der Waals surface area contributed by atoms with Crippen LogP contribution in [0.25, 0.3) is 0 Å². The monoisotopic (exact) mass is 477 g/mol. The number of nitrogens with two attached hydrogens (primary N) is 1. The Morgan fingerprint density at radius 2 is 1.74 bits per heavy atom. The molecule has 2 heterocycles. The van der Waals surface area contributed by atoms with Crippen LogP contribution in [0, 0.1) is 13.8 Å². The minimum Gasteiger partial charge on any atom is -0.452 e. The Morgan fingerprint density at radius 1 is 1.00 bits per heavy atom. The van der Waals surface area contributed by atoms with E-state index in [9.17, 15) is 24.0 Å². The van der Waals surface area contributed by atoms with Gasteiger partial charge in [-0.1, -0.05) is 12.1 Å². The summed E-state index contributed by atoms with van der Waals surface area (Å²) >= 11 is 1.10. The molecule has 3 N–H and O–H groups in total. The first-order chi connectivity index (χ1) is 16.2. The van der Waals surface area contributed by atoms with Gasteiger partial charge in [0.15, 0.2) is 6.61 Å². The van der Waals surface area contributed by atoms with Crippen molar-refractivity contribution in [3.05, 3.63) is 81.2 Å². The number of carbonyl (C=O) groups excluding carboxylic acids is 5. The number of imide groups is 1. The normalized spacial score (nSPS) is 12.5. The molecule has 1 aliphatic rings. The summed E-state index contributed by atoms with van der Waals surface area (Å²) in [6.07, 6.45) is 0. The molecule has 0 spiro atoms. The molecule has 0 bridgehead atoms. The van der Waals surface area contributed by atoms with Crippen molar-refractivity contribution in [2.24, 2.45) is 5.73 Å². The zero-order valence-electron chi connectivity index (χ0n) is 18.2. The zero-order chi connectivity index (χ0) is 24.6. The van der Waals surface area contributed by atoms with Crippen molar-refractivity contribution in [1.29, 1.82) is 0 Å². The molecule has 10 heteroatoms. The van der Waals surface area contributed by atoms with E-state index < -0.39 is 36.2 Å². The zero-order valence-corrected chi connectivity index (χ0v) is 19.0. The number of nitrogens with zero attached hydrogens (tertiary/aromatic N) is 1. The number of benzene rings is 2. The highest BCUT2D eigenvalue weighted by atomic mass is 32.1. The first-order valence-corrected chi connectivity index (χ1v) is 11.0. The van der Waals surface area contributed by atoms with Gasteiger partial charge in [0, 0.05) is 0 Å². The van der Waals surface area contributed by atoms with Gasteiger partial charge in [-0.2, -0.15) is 0 Å². The summed E-state index contributed by atoms with van der Waals surface area (Å²) in [6, 6.07) is 11.0. The van der Waals surface area contributed by atoms with Crippen LogP contribution in [0.15, 0.2) is 47.8 Å². The molecule has 1 aliphatic heterocycles. The molecule has 34 heavy (non-hydrogen) atoms. The highest BCUT2D eigenvalue weighted by Gasteiger charge is 2.38. The van der Waals surface area contributed by atoms with Gasteiger partial charge in [-0.15, -0.1) is 11.3 Å². The van der Waals surface area contributed by atoms with E-state index in [1.807, 2.05) is 19.1 Å². The summed E-state index contributed by atoms with van der Waals surface area (Å²) in [5.41, 5.74) is 7.80. The first kappa shape index (κ1) is 22.9. The molecule has 172 valence electrons. The average molecular weight is 477 g/mol. The molecule has 2 aromatic carbocycles. The smallest absolute Gasteiger partial charge is 0.338 e. The lowest BCUT2D eigenvalue weighted by Gasteiger charge is -2.17. The number of primary amides is 1. The Labute approximate surface area is 198 Å². The van der Waals surface area contributed by atoms with Crippen LogP contribution in [0.1, 0.15) is 52.6 Å². The number of hydrogen-bond donors (Lipinski definition) is 2. The quantitative estimate of drug-likeness (QED) is 0.414. The molecule has 0 atom stereocenters. The van der Waals surface area contributed by atoms with Gasteiger partial charge in [0.1, 0.15) is 5.00 Å². The number of hydrogen-bond acceptors (Lipinski definition) is 7. The Balaban J connectivity index is 1.47. The minimum absolute atomic E-state index is 0.0180. The summed E-state index contributed by atoms with van der Waals surface area (Å²) < 4.78 is 5.03. The van der Waals surface area contributed by atoms with E-state index >= 15 is 0 Å². The molecule has 0 saturated heterocycles. The van der Waals surface area contributed by atoms with Gasteiger partial charge >= 0.3 is 5.97 Å². The molecule has 0 saturated carbocycles. The standard InChI is InChI=1S/C24H19N3O6S/c1-12-3-4-13(2)18(9-12)27-22(30)15-6-5-14(10-17(15)23(27)31)24(32)33-11-19(28)26-21-16(20(25)29)7-8-34-21/h3-10H,11H2,1-2H3,(H2,25,29)(H,26,28). The van der Waals surface area contributed by atoms with E-state index in [-0.39, 0.29) is 27.3 Å². The number of nitrogens with one attached hydrogen (secondary N) is 1. The van der Waals surface area contributed by atoms with Crippen LogP contribution >= 0.6 is 11.3 Å². The average Bonchev–Trinajstić information content (AvgIpc) is 3.36. The minimum atomic E-state index is -0.843. The Kier molecular flexibility index (Phi) is 5.99. The van der Waals surface area contributed by atoms with Crippen LogP contribution < -0.4 is 16.0 Å². The lowest BCUT2D eigenvalue weighted by atomic mass is 10.1. The van der Waals surface area contributed by atoms with Crippen molar-refractivity contribution in [2.75, 3.05) is 16.8 Å². The summed E-state index contributed by atoms with van der Waals surface area (Å²) in [6.45, 7) is 3.04. The second kappa shape index (κ2) is 8.91. The molecule has 3 aromatic rings. The van der Waals surface area contributed by atoms with Gasteiger partial charge in [0.05, 0.1) is 27.9 Å². The van der Waals surface area contributed by atoms with Crippen LogP contribution in [0.2, 0.25) is 0 Å². The number of ether oxygens (including phenoxy) is 1. The van der Waals surface area contributed by atoms with Crippen LogP contribution in [-0.4, -0.2) is 36.2 Å². The fourth-order valence-electron chi connectivity index (χ4n) is 3.52. The molecule has 0 unspecified atom stereocenters. The number of thiophene rings is 1. The number of esters is 1. The van der Waals surface area contributed by atoms with Crippen molar-refractivity contribution in [2.45, 2.75) is 13.8 Å². The number of aryl methyl sites for hydroxylation is 2. The van der Waals surface area contributed by atoms with Crippen molar-refractivity contribution < 1.29 is 28.7 Å². The second-order valence-electron chi connectivity index (χ2n) is 7.65. The van der Waals surface area contributed by atoms with E-state index in [0.29, 0.717) is 5.69 Å². The summed E-state index contributed by atoms with van der Waals surface area (Å²) in [5.74, 6) is -3.22. The van der Waals surface area contributed by atoms with Gasteiger partial charge in [-0.25, -0.2) is 9.69 Å². The van der Waals surface area contributed by atoms with Crippen molar-refractivity contribution >= 4 is 51.6 Å². The molecule has 4 rings (SSSR count). The predicted molar refractivity (Wildman–Crippen MR) is 125 cm³/mol. The number of anilines is 2. The maximum atomic E-state index is 13.0.